The molecule has 13 heavy (non-hydrogen) atoms. The van der Waals surface area contributed by atoms with Crippen molar-refractivity contribution in [3.8, 4) is 6.07 Å². The summed E-state index contributed by atoms with van der Waals surface area (Å²) in [5.74, 6) is 0. The first-order valence-corrected chi connectivity index (χ1v) is 4.91. The normalized spacial score (nSPS) is 15.5. The molecule has 0 aromatic carbocycles. The smallest absolute Gasteiger partial charge is 0.0911 e. The molecule has 1 aromatic rings. The third-order valence-corrected chi connectivity index (χ3v) is 2.53. The van der Waals surface area contributed by atoms with Crippen LogP contribution in [0.5, 0.6) is 0 Å². The van der Waals surface area contributed by atoms with E-state index < -0.39 is 5.60 Å². The molecule has 0 amide bonds. The summed E-state index contributed by atoms with van der Waals surface area (Å²) in [7, 11) is 0. The zero-order chi connectivity index (χ0) is 9.73. The molecule has 1 atom stereocenters. The minimum Gasteiger partial charge on any atom is -0.385 e. The fraction of sp³-hybridized carbons (Fsp3) is 0.300. The number of allylic oxidation sites excluding steroid dienone is 1. The summed E-state index contributed by atoms with van der Waals surface area (Å²) < 4.78 is 0. The molecule has 0 saturated heterocycles. The average molecular weight is 193 g/mol. The summed E-state index contributed by atoms with van der Waals surface area (Å²) in [6.45, 7) is 1.75. The minimum absolute atomic E-state index is 0.470. The van der Waals surface area contributed by atoms with Crippen LogP contribution >= 0.6 is 11.3 Å². The van der Waals surface area contributed by atoms with Gasteiger partial charge in [-0.2, -0.15) is 16.6 Å². The number of aliphatic hydroxyl groups is 1. The summed E-state index contributed by atoms with van der Waals surface area (Å²) >= 11 is 1.56. The third-order valence-electron chi connectivity index (χ3n) is 1.85. The average Bonchev–Trinajstić information content (AvgIpc) is 2.56. The lowest BCUT2D eigenvalue weighted by Gasteiger charge is -2.19. The van der Waals surface area contributed by atoms with Crippen LogP contribution < -0.4 is 0 Å². The number of hydrogen-bond donors (Lipinski definition) is 1. The van der Waals surface area contributed by atoms with Crippen LogP contribution in [0.15, 0.2) is 29.0 Å². The highest BCUT2D eigenvalue weighted by Crippen LogP contribution is 2.26. The Morgan fingerprint density at radius 3 is 3.08 bits per heavy atom. The predicted molar refractivity (Wildman–Crippen MR) is 53.3 cm³/mol. The molecule has 0 aliphatic heterocycles. The Morgan fingerprint density at radius 1 is 1.77 bits per heavy atom. The van der Waals surface area contributed by atoms with Gasteiger partial charge in [0.25, 0.3) is 0 Å². The second kappa shape index (κ2) is 4.22. The van der Waals surface area contributed by atoms with E-state index in [4.69, 9.17) is 5.26 Å². The van der Waals surface area contributed by atoms with Gasteiger partial charge in [-0.25, -0.2) is 0 Å². The Hall–Kier alpha value is -1.11. The zero-order valence-corrected chi connectivity index (χ0v) is 8.21. The van der Waals surface area contributed by atoms with Crippen molar-refractivity contribution in [2.24, 2.45) is 0 Å². The van der Waals surface area contributed by atoms with Gasteiger partial charge in [-0.1, -0.05) is 6.08 Å². The van der Waals surface area contributed by atoms with E-state index in [1.807, 2.05) is 22.9 Å². The van der Waals surface area contributed by atoms with Gasteiger partial charge in [0.1, 0.15) is 0 Å². The molecule has 0 bridgehead atoms. The molecule has 1 N–H and O–H groups in total. The Morgan fingerprint density at radius 2 is 2.54 bits per heavy atom. The molecular weight excluding hydrogens is 182 g/mol. The van der Waals surface area contributed by atoms with E-state index in [1.54, 1.807) is 24.3 Å². The zero-order valence-electron chi connectivity index (χ0n) is 7.40. The molecule has 0 unspecified atom stereocenters. The highest BCUT2D eigenvalue weighted by Gasteiger charge is 2.21. The number of thiophene rings is 1. The second-order valence-electron chi connectivity index (χ2n) is 3.02. The van der Waals surface area contributed by atoms with E-state index in [0.717, 1.165) is 5.56 Å². The van der Waals surface area contributed by atoms with Gasteiger partial charge in [-0.15, -0.1) is 0 Å². The van der Waals surface area contributed by atoms with Gasteiger partial charge in [0, 0.05) is 6.08 Å². The van der Waals surface area contributed by atoms with Crippen molar-refractivity contribution >= 4 is 11.3 Å². The van der Waals surface area contributed by atoms with Gasteiger partial charge in [0.05, 0.1) is 11.7 Å². The van der Waals surface area contributed by atoms with Crippen LogP contribution in [0.2, 0.25) is 0 Å². The van der Waals surface area contributed by atoms with Crippen molar-refractivity contribution in [1.82, 2.24) is 0 Å². The molecule has 1 heterocycles. The van der Waals surface area contributed by atoms with E-state index in [-0.39, 0.29) is 0 Å². The first kappa shape index (κ1) is 9.97. The molecule has 0 aliphatic rings. The van der Waals surface area contributed by atoms with Crippen LogP contribution in [0.1, 0.15) is 18.9 Å². The van der Waals surface area contributed by atoms with Crippen molar-refractivity contribution in [2.45, 2.75) is 18.9 Å². The van der Waals surface area contributed by atoms with E-state index in [0.29, 0.717) is 6.42 Å². The number of hydrogen-bond acceptors (Lipinski definition) is 3. The Kier molecular flexibility index (Phi) is 3.24. The molecule has 1 aromatic heterocycles. The maximum Gasteiger partial charge on any atom is 0.0911 e. The molecule has 0 spiro atoms. The summed E-state index contributed by atoms with van der Waals surface area (Å²) in [4.78, 5) is 0. The van der Waals surface area contributed by atoms with Crippen LogP contribution in [0.25, 0.3) is 0 Å². The Balaban J connectivity index is 2.68. The molecule has 3 heteroatoms. The molecule has 0 radical (unpaired) electrons. The first-order chi connectivity index (χ1) is 6.17. The SMILES string of the molecule is C[C@@](O)(C/C=C\C#N)c1ccsc1. The lowest BCUT2D eigenvalue weighted by Crippen LogP contribution is -2.18. The van der Waals surface area contributed by atoms with Gasteiger partial charge in [-0.3, -0.25) is 0 Å². The van der Waals surface area contributed by atoms with Gasteiger partial charge in [0.2, 0.25) is 0 Å². The number of rotatable bonds is 3. The second-order valence-corrected chi connectivity index (χ2v) is 3.80. The topological polar surface area (TPSA) is 44.0 Å². The molecular formula is C10H11NOS. The van der Waals surface area contributed by atoms with Crippen molar-refractivity contribution in [3.05, 3.63) is 34.5 Å². The van der Waals surface area contributed by atoms with Crippen LogP contribution in [-0.4, -0.2) is 5.11 Å². The van der Waals surface area contributed by atoms with Crippen LogP contribution in [0.3, 0.4) is 0 Å². The monoisotopic (exact) mass is 193 g/mol. The van der Waals surface area contributed by atoms with E-state index >= 15 is 0 Å². The first-order valence-electron chi connectivity index (χ1n) is 3.96. The van der Waals surface area contributed by atoms with Crippen LogP contribution in [0, 0.1) is 11.3 Å². The van der Waals surface area contributed by atoms with Gasteiger partial charge < -0.3 is 5.11 Å². The van der Waals surface area contributed by atoms with Crippen molar-refractivity contribution in [2.75, 3.05) is 0 Å². The molecule has 1 rings (SSSR count). The summed E-state index contributed by atoms with van der Waals surface area (Å²) in [5.41, 5.74) is 0.0490. The molecule has 68 valence electrons. The lowest BCUT2D eigenvalue weighted by atomic mass is 9.95. The molecule has 2 nitrogen and oxygen atoms in total. The van der Waals surface area contributed by atoms with Crippen molar-refractivity contribution in [3.63, 3.8) is 0 Å². The quantitative estimate of drug-likeness (QED) is 0.749. The lowest BCUT2D eigenvalue weighted by molar-refractivity contribution is 0.0610. The highest BCUT2D eigenvalue weighted by molar-refractivity contribution is 7.08. The van der Waals surface area contributed by atoms with Gasteiger partial charge >= 0.3 is 0 Å². The van der Waals surface area contributed by atoms with Gasteiger partial charge in [0.15, 0.2) is 0 Å². The fourth-order valence-corrected chi connectivity index (χ4v) is 1.81. The highest BCUT2D eigenvalue weighted by atomic mass is 32.1. The predicted octanol–water partition coefficient (Wildman–Crippen LogP) is 2.43. The van der Waals surface area contributed by atoms with Crippen molar-refractivity contribution < 1.29 is 5.11 Å². The van der Waals surface area contributed by atoms with E-state index in [9.17, 15) is 5.11 Å². The molecule has 0 fully saturated rings. The van der Waals surface area contributed by atoms with E-state index in [2.05, 4.69) is 0 Å². The summed E-state index contributed by atoms with van der Waals surface area (Å²) in [5, 5.41) is 22.1. The fourth-order valence-electron chi connectivity index (χ4n) is 1.03. The molecule has 0 aliphatic carbocycles. The Labute approximate surface area is 81.8 Å². The summed E-state index contributed by atoms with van der Waals surface area (Å²) in [6, 6.07) is 3.79. The third kappa shape index (κ3) is 2.69. The summed E-state index contributed by atoms with van der Waals surface area (Å²) in [6.07, 6.45) is 3.54. The van der Waals surface area contributed by atoms with Crippen LogP contribution in [0.4, 0.5) is 0 Å². The largest absolute Gasteiger partial charge is 0.385 e. The number of nitrogens with zero attached hydrogens (tertiary/aromatic N) is 1. The maximum absolute atomic E-state index is 9.95. The minimum atomic E-state index is -0.854. The van der Waals surface area contributed by atoms with Gasteiger partial charge in [-0.05, 0) is 35.7 Å². The Bertz CT molecular complexity index is 319. The molecule has 0 saturated carbocycles. The van der Waals surface area contributed by atoms with E-state index in [1.165, 1.54) is 6.08 Å². The standard InChI is InChI=1S/C10H11NOS/c1-10(12,5-2-3-6-11)9-4-7-13-8-9/h2-4,7-8,12H,5H2,1H3/b3-2-/t10-/m1/s1. The number of nitriles is 1. The van der Waals surface area contributed by atoms with Crippen LogP contribution in [-0.2, 0) is 5.60 Å². The van der Waals surface area contributed by atoms with Crippen molar-refractivity contribution in [1.29, 1.82) is 5.26 Å². The maximum atomic E-state index is 9.95.